The second-order valence-electron chi connectivity index (χ2n) is 3.96. The number of nitrogens with one attached hydrogen (secondary N) is 1. The lowest BCUT2D eigenvalue weighted by Gasteiger charge is -2.32. The zero-order valence-electron chi connectivity index (χ0n) is 9.70. The number of morpholine rings is 1. The summed E-state index contributed by atoms with van der Waals surface area (Å²) >= 11 is 0. The predicted molar refractivity (Wildman–Crippen MR) is 59.5 cm³/mol. The average Bonchev–Trinajstić information content (AvgIpc) is 2.31. The van der Waals surface area contributed by atoms with Crippen molar-refractivity contribution in [2.24, 2.45) is 0 Å². The van der Waals surface area contributed by atoms with Crippen LogP contribution in [0.2, 0.25) is 0 Å². The summed E-state index contributed by atoms with van der Waals surface area (Å²) in [5.74, 6) is 0. The zero-order valence-corrected chi connectivity index (χ0v) is 9.70. The first-order valence-electron chi connectivity index (χ1n) is 5.71. The standard InChI is InChI=1S/C11H21N3O/c1-3-11-9-14(6-7-15-11)5-4-10(8-12)13-2/h10-11,13H,3-7,9H2,1-2H3. The zero-order chi connectivity index (χ0) is 11.1. The number of nitriles is 1. The molecule has 1 rings (SSSR count). The van der Waals surface area contributed by atoms with Crippen LogP contribution in [-0.2, 0) is 4.74 Å². The summed E-state index contributed by atoms with van der Waals surface area (Å²) in [6.45, 7) is 5.98. The van der Waals surface area contributed by atoms with Crippen LogP contribution in [0.1, 0.15) is 19.8 Å². The quantitative estimate of drug-likeness (QED) is 0.723. The maximum Gasteiger partial charge on any atom is 0.0962 e. The van der Waals surface area contributed by atoms with E-state index in [2.05, 4.69) is 23.2 Å². The topological polar surface area (TPSA) is 48.3 Å². The number of hydrogen-bond donors (Lipinski definition) is 1. The molecule has 0 spiro atoms. The van der Waals surface area contributed by atoms with Crippen LogP contribution in [0.3, 0.4) is 0 Å². The van der Waals surface area contributed by atoms with Gasteiger partial charge in [-0.15, -0.1) is 0 Å². The first kappa shape index (κ1) is 12.4. The minimum Gasteiger partial charge on any atom is -0.376 e. The van der Waals surface area contributed by atoms with E-state index < -0.39 is 0 Å². The first-order chi connectivity index (χ1) is 7.30. The molecule has 0 aliphatic carbocycles. The number of nitrogens with zero attached hydrogens (tertiary/aromatic N) is 2. The van der Waals surface area contributed by atoms with Crippen LogP contribution in [-0.4, -0.2) is 50.3 Å². The second kappa shape index (κ2) is 6.78. The lowest BCUT2D eigenvalue weighted by Crippen LogP contribution is -2.43. The van der Waals surface area contributed by atoms with Gasteiger partial charge in [-0.3, -0.25) is 4.90 Å². The third-order valence-corrected chi connectivity index (χ3v) is 2.92. The molecule has 0 bridgehead atoms. The highest BCUT2D eigenvalue weighted by atomic mass is 16.5. The summed E-state index contributed by atoms with van der Waals surface area (Å²) in [5, 5.41) is 11.8. The Balaban J connectivity index is 2.23. The van der Waals surface area contributed by atoms with E-state index >= 15 is 0 Å². The Kier molecular flexibility index (Phi) is 5.62. The lowest BCUT2D eigenvalue weighted by molar-refractivity contribution is -0.0301. The fourth-order valence-electron chi connectivity index (χ4n) is 1.82. The van der Waals surface area contributed by atoms with Crippen LogP contribution >= 0.6 is 0 Å². The predicted octanol–water partition coefficient (Wildman–Crippen LogP) is 0.599. The Hall–Kier alpha value is -0.630. The van der Waals surface area contributed by atoms with Gasteiger partial charge in [0, 0.05) is 19.6 Å². The molecule has 1 aliphatic rings. The molecule has 0 amide bonds. The van der Waals surface area contributed by atoms with Crippen LogP contribution in [0.25, 0.3) is 0 Å². The van der Waals surface area contributed by atoms with Gasteiger partial charge in [0.15, 0.2) is 0 Å². The number of rotatable bonds is 5. The molecular formula is C11H21N3O. The lowest BCUT2D eigenvalue weighted by atomic mass is 10.2. The number of hydrogen-bond acceptors (Lipinski definition) is 4. The maximum atomic E-state index is 8.80. The van der Waals surface area contributed by atoms with Crippen molar-refractivity contribution in [3.63, 3.8) is 0 Å². The normalized spacial score (nSPS) is 24.7. The van der Waals surface area contributed by atoms with Crippen molar-refractivity contribution in [1.29, 1.82) is 5.26 Å². The molecule has 2 atom stereocenters. The van der Waals surface area contributed by atoms with Gasteiger partial charge in [0.2, 0.25) is 0 Å². The molecule has 4 nitrogen and oxygen atoms in total. The fraction of sp³-hybridized carbons (Fsp3) is 0.909. The summed E-state index contributed by atoms with van der Waals surface area (Å²) in [4.78, 5) is 2.39. The van der Waals surface area contributed by atoms with Crippen molar-refractivity contribution in [1.82, 2.24) is 10.2 Å². The minimum atomic E-state index is -0.0204. The van der Waals surface area contributed by atoms with Crippen LogP contribution in [0.15, 0.2) is 0 Å². The molecule has 2 unspecified atom stereocenters. The first-order valence-corrected chi connectivity index (χ1v) is 5.71. The van der Waals surface area contributed by atoms with Crippen molar-refractivity contribution in [2.75, 3.05) is 33.3 Å². The van der Waals surface area contributed by atoms with Gasteiger partial charge < -0.3 is 10.1 Å². The van der Waals surface area contributed by atoms with Gasteiger partial charge in [0.05, 0.1) is 24.8 Å². The molecule has 15 heavy (non-hydrogen) atoms. The summed E-state index contributed by atoms with van der Waals surface area (Å²) < 4.78 is 5.59. The summed E-state index contributed by atoms with van der Waals surface area (Å²) in [5.41, 5.74) is 0. The highest BCUT2D eigenvalue weighted by molar-refractivity contribution is 4.89. The van der Waals surface area contributed by atoms with Crippen LogP contribution in [0.4, 0.5) is 0 Å². The van der Waals surface area contributed by atoms with Gasteiger partial charge in [-0.2, -0.15) is 5.26 Å². The molecule has 0 aromatic carbocycles. The van der Waals surface area contributed by atoms with Crippen molar-refractivity contribution in [3.05, 3.63) is 0 Å². The third-order valence-electron chi connectivity index (χ3n) is 2.92. The van der Waals surface area contributed by atoms with Crippen LogP contribution < -0.4 is 5.32 Å². The molecule has 4 heteroatoms. The van der Waals surface area contributed by atoms with Crippen molar-refractivity contribution < 1.29 is 4.74 Å². The minimum absolute atomic E-state index is 0.0204. The molecule has 0 radical (unpaired) electrons. The van der Waals surface area contributed by atoms with Crippen molar-refractivity contribution >= 4 is 0 Å². The van der Waals surface area contributed by atoms with Crippen LogP contribution in [0, 0.1) is 11.3 Å². The molecule has 0 saturated carbocycles. The van der Waals surface area contributed by atoms with E-state index in [1.54, 1.807) is 0 Å². The highest BCUT2D eigenvalue weighted by Crippen LogP contribution is 2.08. The largest absolute Gasteiger partial charge is 0.376 e. The smallest absolute Gasteiger partial charge is 0.0962 e. The summed E-state index contributed by atoms with van der Waals surface area (Å²) in [6.07, 6.45) is 2.35. The molecule has 86 valence electrons. The molecule has 1 aliphatic heterocycles. The van der Waals surface area contributed by atoms with E-state index in [0.717, 1.165) is 39.1 Å². The molecule has 1 N–H and O–H groups in total. The van der Waals surface area contributed by atoms with E-state index in [0.29, 0.717) is 6.10 Å². The van der Waals surface area contributed by atoms with E-state index in [1.165, 1.54) is 0 Å². The Bertz CT molecular complexity index is 214. The van der Waals surface area contributed by atoms with Crippen molar-refractivity contribution in [3.8, 4) is 6.07 Å². The van der Waals surface area contributed by atoms with Crippen LogP contribution in [0.5, 0.6) is 0 Å². The molecule has 0 aromatic rings. The van der Waals surface area contributed by atoms with E-state index in [1.807, 2.05) is 7.05 Å². The van der Waals surface area contributed by atoms with Gasteiger partial charge in [0.25, 0.3) is 0 Å². The Morgan fingerprint density at radius 1 is 1.67 bits per heavy atom. The van der Waals surface area contributed by atoms with Gasteiger partial charge in [-0.25, -0.2) is 0 Å². The summed E-state index contributed by atoms with van der Waals surface area (Å²) in [7, 11) is 1.84. The Morgan fingerprint density at radius 2 is 2.47 bits per heavy atom. The average molecular weight is 211 g/mol. The molecule has 1 saturated heterocycles. The van der Waals surface area contributed by atoms with Gasteiger partial charge >= 0.3 is 0 Å². The van der Waals surface area contributed by atoms with E-state index in [9.17, 15) is 0 Å². The third kappa shape index (κ3) is 4.17. The molecule has 1 fully saturated rings. The highest BCUT2D eigenvalue weighted by Gasteiger charge is 2.19. The van der Waals surface area contributed by atoms with Gasteiger partial charge in [0.1, 0.15) is 0 Å². The fourth-order valence-corrected chi connectivity index (χ4v) is 1.82. The Morgan fingerprint density at radius 3 is 3.07 bits per heavy atom. The summed E-state index contributed by atoms with van der Waals surface area (Å²) in [6, 6.07) is 2.23. The Labute approximate surface area is 92.2 Å². The molecular weight excluding hydrogens is 190 g/mol. The molecule has 0 aromatic heterocycles. The van der Waals surface area contributed by atoms with Gasteiger partial charge in [-0.05, 0) is 19.9 Å². The molecule has 1 heterocycles. The van der Waals surface area contributed by atoms with Gasteiger partial charge in [-0.1, -0.05) is 6.92 Å². The van der Waals surface area contributed by atoms with E-state index in [4.69, 9.17) is 10.00 Å². The van der Waals surface area contributed by atoms with Crippen molar-refractivity contribution in [2.45, 2.75) is 31.9 Å². The van der Waals surface area contributed by atoms with E-state index in [-0.39, 0.29) is 6.04 Å². The monoisotopic (exact) mass is 211 g/mol. The SMILES string of the molecule is CCC1CN(CCC(C#N)NC)CCO1. The number of ether oxygens (including phenoxy) is 1. The second-order valence-corrected chi connectivity index (χ2v) is 3.96. The maximum absolute atomic E-state index is 8.80.